The maximum absolute atomic E-state index is 11.5. The van der Waals surface area contributed by atoms with Crippen LogP contribution in [-0.4, -0.2) is 16.1 Å². The lowest BCUT2D eigenvalue weighted by Gasteiger charge is -2.08. The number of benzene rings is 1. The first-order valence-electron chi connectivity index (χ1n) is 6.22. The van der Waals surface area contributed by atoms with Crippen molar-refractivity contribution in [2.75, 3.05) is 10.6 Å². The maximum atomic E-state index is 11.5. The molecule has 0 saturated heterocycles. The average Bonchev–Trinajstić information content (AvgIpc) is 2.43. The number of rotatable bonds is 4. The SMILES string of the molecule is CC(C)C(=O)Nc1ccc(Nc2ccc(Cl)cc2)nn1. The number of anilines is 3. The summed E-state index contributed by atoms with van der Waals surface area (Å²) in [6.07, 6.45) is 0. The van der Waals surface area contributed by atoms with Crippen LogP contribution in [0.3, 0.4) is 0 Å². The molecule has 1 aromatic heterocycles. The van der Waals surface area contributed by atoms with Gasteiger partial charge in [0.1, 0.15) is 0 Å². The van der Waals surface area contributed by atoms with Crippen molar-refractivity contribution in [3.8, 4) is 0 Å². The largest absolute Gasteiger partial charge is 0.339 e. The molecule has 0 radical (unpaired) electrons. The minimum atomic E-state index is -0.0938. The molecule has 0 fully saturated rings. The van der Waals surface area contributed by atoms with Crippen LogP contribution in [0.2, 0.25) is 5.02 Å². The van der Waals surface area contributed by atoms with Crippen LogP contribution in [0, 0.1) is 5.92 Å². The summed E-state index contributed by atoms with van der Waals surface area (Å²) in [5.74, 6) is 0.849. The molecule has 6 heteroatoms. The second kappa shape index (κ2) is 6.34. The van der Waals surface area contributed by atoms with Gasteiger partial charge in [0, 0.05) is 16.6 Å². The summed E-state index contributed by atoms with van der Waals surface area (Å²) in [4.78, 5) is 11.5. The van der Waals surface area contributed by atoms with Crippen molar-refractivity contribution in [2.24, 2.45) is 5.92 Å². The van der Waals surface area contributed by atoms with E-state index in [1.807, 2.05) is 26.0 Å². The van der Waals surface area contributed by atoms with Crippen LogP contribution in [0.5, 0.6) is 0 Å². The number of nitrogens with zero attached hydrogens (tertiary/aromatic N) is 2. The summed E-state index contributed by atoms with van der Waals surface area (Å²) < 4.78 is 0. The zero-order valence-corrected chi connectivity index (χ0v) is 12.0. The predicted molar refractivity (Wildman–Crippen MR) is 80.2 cm³/mol. The van der Waals surface area contributed by atoms with E-state index < -0.39 is 0 Å². The van der Waals surface area contributed by atoms with E-state index in [-0.39, 0.29) is 11.8 Å². The number of hydrogen-bond donors (Lipinski definition) is 2. The van der Waals surface area contributed by atoms with Gasteiger partial charge in [-0.25, -0.2) is 0 Å². The maximum Gasteiger partial charge on any atom is 0.228 e. The highest BCUT2D eigenvalue weighted by Crippen LogP contribution is 2.17. The van der Waals surface area contributed by atoms with Crippen molar-refractivity contribution < 1.29 is 4.79 Å². The number of hydrogen-bond acceptors (Lipinski definition) is 4. The van der Waals surface area contributed by atoms with Crippen molar-refractivity contribution in [2.45, 2.75) is 13.8 Å². The quantitative estimate of drug-likeness (QED) is 0.905. The Morgan fingerprint density at radius 2 is 1.65 bits per heavy atom. The van der Waals surface area contributed by atoms with Gasteiger partial charge in [-0.15, -0.1) is 10.2 Å². The number of carbonyl (C=O) groups excluding carboxylic acids is 1. The summed E-state index contributed by atoms with van der Waals surface area (Å²) in [5, 5.41) is 14.4. The van der Waals surface area contributed by atoms with E-state index in [1.165, 1.54) is 0 Å². The highest BCUT2D eigenvalue weighted by atomic mass is 35.5. The first kappa shape index (κ1) is 14.3. The van der Waals surface area contributed by atoms with Gasteiger partial charge >= 0.3 is 0 Å². The number of carbonyl (C=O) groups is 1. The fourth-order valence-electron chi connectivity index (χ4n) is 1.42. The Hall–Kier alpha value is -2.14. The van der Waals surface area contributed by atoms with Gasteiger partial charge in [0.2, 0.25) is 5.91 Å². The molecule has 0 spiro atoms. The van der Waals surface area contributed by atoms with Gasteiger partial charge in [0.25, 0.3) is 0 Å². The van der Waals surface area contributed by atoms with Crippen LogP contribution in [-0.2, 0) is 4.79 Å². The molecule has 0 unspecified atom stereocenters. The molecule has 0 saturated carbocycles. The smallest absolute Gasteiger partial charge is 0.228 e. The highest BCUT2D eigenvalue weighted by Gasteiger charge is 2.08. The van der Waals surface area contributed by atoms with Crippen LogP contribution in [0.4, 0.5) is 17.3 Å². The molecule has 1 amide bonds. The Bertz CT molecular complexity index is 581. The lowest BCUT2D eigenvalue weighted by atomic mass is 10.2. The average molecular weight is 291 g/mol. The van der Waals surface area contributed by atoms with Crippen LogP contribution < -0.4 is 10.6 Å². The van der Waals surface area contributed by atoms with E-state index in [9.17, 15) is 4.79 Å². The second-order valence-corrected chi connectivity index (χ2v) is 5.02. The van der Waals surface area contributed by atoms with Gasteiger partial charge in [-0.2, -0.15) is 0 Å². The molecule has 2 rings (SSSR count). The van der Waals surface area contributed by atoms with Gasteiger partial charge in [0.15, 0.2) is 11.6 Å². The molecule has 104 valence electrons. The first-order valence-corrected chi connectivity index (χ1v) is 6.59. The van der Waals surface area contributed by atoms with Gasteiger partial charge in [0.05, 0.1) is 0 Å². The Morgan fingerprint density at radius 1 is 1.05 bits per heavy atom. The molecule has 0 aliphatic carbocycles. The van der Waals surface area contributed by atoms with Gasteiger partial charge < -0.3 is 10.6 Å². The third kappa shape index (κ3) is 3.93. The zero-order valence-electron chi connectivity index (χ0n) is 11.2. The van der Waals surface area contributed by atoms with Crippen molar-refractivity contribution >= 4 is 34.8 Å². The van der Waals surface area contributed by atoms with Crippen molar-refractivity contribution in [1.29, 1.82) is 0 Å². The Morgan fingerprint density at radius 3 is 2.20 bits per heavy atom. The van der Waals surface area contributed by atoms with Crippen LogP contribution in [0.1, 0.15) is 13.8 Å². The van der Waals surface area contributed by atoms with E-state index in [2.05, 4.69) is 20.8 Å². The van der Waals surface area contributed by atoms with Gasteiger partial charge in [-0.05, 0) is 36.4 Å². The number of halogens is 1. The third-order valence-corrected chi connectivity index (χ3v) is 2.81. The summed E-state index contributed by atoms with van der Waals surface area (Å²) in [6, 6.07) is 10.7. The third-order valence-electron chi connectivity index (χ3n) is 2.56. The molecular formula is C14H15ClN4O. The molecule has 0 atom stereocenters. The topological polar surface area (TPSA) is 66.9 Å². The molecule has 5 nitrogen and oxygen atoms in total. The van der Waals surface area contributed by atoms with Gasteiger partial charge in [-0.3, -0.25) is 4.79 Å². The normalized spacial score (nSPS) is 10.4. The molecule has 0 bridgehead atoms. The molecule has 2 N–H and O–H groups in total. The van der Waals surface area contributed by atoms with E-state index in [1.54, 1.807) is 24.3 Å². The molecule has 2 aromatic rings. The molecule has 1 heterocycles. The summed E-state index contributed by atoms with van der Waals surface area (Å²) in [7, 11) is 0. The fourth-order valence-corrected chi connectivity index (χ4v) is 1.54. The Balaban J connectivity index is 2.01. The number of aromatic nitrogens is 2. The van der Waals surface area contributed by atoms with E-state index in [0.717, 1.165) is 5.69 Å². The van der Waals surface area contributed by atoms with Crippen molar-refractivity contribution in [3.63, 3.8) is 0 Å². The van der Waals surface area contributed by atoms with Crippen molar-refractivity contribution in [1.82, 2.24) is 10.2 Å². The van der Waals surface area contributed by atoms with Crippen LogP contribution in [0.25, 0.3) is 0 Å². The molecule has 0 aliphatic rings. The van der Waals surface area contributed by atoms with Gasteiger partial charge in [-0.1, -0.05) is 25.4 Å². The minimum Gasteiger partial charge on any atom is -0.339 e. The molecule has 1 aromatic carbocycles. The molecular weight excluding hydrogens is 276 g/mol. The molecule has 20 heavy (non-hydrogen) atoms. The minimum absolute atomic E-state index is 0.0855. The zero-order chi connectivity index (χ0) is 14.5. The van der Waals surface area contributed by atoms with Crippen LogP contribution in [0.15, 0.2) is 36.4 Å². The Kier molecular flexibility index (Phi) is 4.53. The fraction of sp³-hybridized carbons (Fsp3) is 0.214. The summed E-state index contributed by atoms with van der Waals surface area (Å²) in [5.41, 5.74) is 0.864. The van der Waals surface area contributed by atoms with Crippen molar-refractivity contribution in [3.05, 3.63) is 41.4 Å². The summed E-state index contributed by atoms with van der Waals surface area (Å²) in [6.45, 7) is 3.64. The lowest BCUT2D eigenvalue weighted by molar-refractivity contribution is -0.118. The lowest BCUT2D eigenvalue weighted by Crippen LogP contribution is -2.18. The molecule has 0 aliphatic heterocycles. The van der Waals surface area contributed by atoms with E-state index in [4.69, 9.17) is 11.6 Å². The first-order chi connectivity index (χ1) is 9.54. The highest BCUT2D eigenvalue weighted by molar-refractivity contribution is 6.30. The number of nitrogens with one attached hydrogen (secondary N) is 2. The predicted octanol–water partition coefficient (Wildman–Crippen LogP) is 3.47. The summed E-state index contributed by atoms with van der Waals surface area (Å²) >= 11 is 5.81. The monoisotopic (exact) mass is 290 g/mol. The Labute approximate surface area is 122 Å². The second-order valence-electron chi connectivity index (χ2n) is 4.58. The van der Waals surface area contributed by atoms with E-state index in [0.29, 0.717) is 16.7 Å². The number of amides is 1. The van der Waals surface area contributed by atoms with Crippen LogP contribution >= 0.6 is 11.6 Å². The van der Waals surface area contributed by atoms with E-state index >= 15 is 0 Å². The standard InChI is InChI=1S/C14H15ClN4O/c1-9(2)14(20)17-13-8-7-12(18-19-13)16-11-5-3-10(15)4-6-11/h3-9H,1-2H3,(H,16,18)(H,17,19,20).